The van der Waals surface area contributed by atoms with Crippen LogP contribution in [-0.2, 0) is 16.0 Å². The number of nitriles is 1. The highest BCUT2D eigenvalue weighted by atomic mass is 19.1. The Morgan fingerprint density at radius 1 is 1.45 bits per heavy atom. The second-order valence-corrected chi connectivity index (χ2v) is 5.05. The molecule has 1 saturated heterocycles. The molecule has 108 valence electrons. The third kappa shape index (κ3) is 3.34. The highest BCUT2D eigenvalue weighted by molar-refractivity contribution is 5.32. The topological polar surface area (TPSA) is 45.5 Å². The molecule has 0 bridgehead atoms. The molecule has 1 aromatic carbocycles. The largest absolute Gasteiger partial charge is 0.383 e. The molecule has 20 heavy (non-hydrogen) atoms. The van der Waals surface area contributed by atoms with Crippen molar-refractivity contribution >= 4 is 0 Å². The number of ether oxygens (including phenoxy) is 2. The maximum Gasteiger partial charge on any atom is 0.129 e. The summed E-state index contributed by atoms with van der Waals surface area (Å²) in [5, 5.41) is 8.76. The van der Waals surface area contributed by atoms with Crippen molar-refractivity contribution in [3.63, 3.8) is 0 Å². The summed E-state index contributed by atoms with van der Waals surface area (Å²) in [6, 6.07) is 6.78. The van der Waals surface area contributed by atoms with Gasteiger partial charge in [0, 0.05) is 38.9 Å². The standard InChI is InChI=1S/C15H19FN2O2/c1-19-10-13-6-14(20-2)9-18(13)8-12-4-3-11(7-17)5-15(12)16/h3-5,13-14H,6,8-10H2,1-2H3/t13-,14+/m0/s1. The van der Waals surface area contributed by atoms with Crippen molar-refractivity contribution in [2.45, 2.75) is 25.1 Å². The molecular weight excluding hydrogens is 259 g/mol. The van der Waals surface area contributed by atoms with E-state index >= 15 is 0 Å². The number of hydrogen-bond acceptors (Lipinski definition) is 4. The molecule has 0 spiro atoms. The number of nitrogens with zero attached hydrogens (tertiary/aromatic N) is 2. The van der Waals surface area contributed by atoms with Gasteiger partial charge < -0.3 is 9.47 Å². The molecule has 1 aromatic rings. The van der Waals surface area contributed by atoms with Gasteiger partial charge in [0.1, 0.15) is 5.82 Å². The van der Waals surface area contributed by atoms with E-state index in [9.17, 15) is 4.39 Å². The Balaban J connectivity index is 2.09. The third-order valence-corrected chi connectivity index (χ3v) is 3.74. The minimum absolute atomic E-state index is 0.164. The van der Waals surface area contributed by atoms with Crippen LogP contribution in [0.5, 0.6) is 0 Å². The second kappa shape index (κ2) is 6.80. The molecule has 0 unspecified atom stereocenters. The molecule has 0 aliphatic carbocycles. The lowest BCUT2D eigenvalue weighted by molar-refractivity contribution is 0.105. The number of rotatable bonds is 5. The maximum absolute atomic E-state index is 13.9. The third-order valence-electron chi connectivity index (χ3n) is 3.74. The fourth-order valence-electron chi connectivity index (χ4n) is 2.63. The fraction of sp³-hybridized carbons (Fsp3) is 0.533. The van der Waals surface area contributed by atoms with Crippen molar-refractivity contribution < 1.29 is 13.9 Å². The first-order chi connectivity index (χ1) is 9.67. The number of halogens is 1. The van der Waals surface area contributed by atoms with Crippen LogP contribution >= 0.6 is 0 Å². The number of likely N-dealkylation sites (tertiary alicyclic amines) is 1. The molecule has 5 heteroatoms. The Kier molecular flexibility index (Phi) is 5.07. The van der Waals surface area contributed by atoms with Gasteiger partial charge in [-0.3, -0.25) is 4.90 Å². The molecular formula is C15H19FN2O2. The van der Waals surface area contributed by atoms with Crippen LogP contribution in [0.15, 0.2) is 18.2 Å². The molecule has 0 N–H and O–H groups in total. The molecule has 0 saturated carbocycles. The van der Waals surface area contributed by atoms with E-state index in [4.69, 9.17) is 14.7 Å². The highest BCUT2D eigenvalue weighted by Gasteiger charge is 2.32. The summed E-state index contributed by atoms with van der Waals surface area (Å²) in [7, 11) is 3.36. The molecule has 0 amide bonds. The fourth-order valence-corrected chi connectivity index (χ4v) is 2.63. The molecule has 1 heterocycles. The second-order valence-electron chi connectivity index (χ2n) is 5.05. The van der Waals surface area contributed by atoms with Crippen LogP contribution in [0, 0.1) is 17.1 Å². The van der Waals surface area contributed by atoms with Crippen LogP contribution < -0.4 is 0 Å². The lowest BCUT2D eigenvalue weighted by atomic mass is 10.1. The van der Waals surface area contributed by atoms with E-state index in [-0.39, 0.29) is 18.0 Å². The SMILES string of the molecule is COC[C@@H]1C[C@@H](OC)CN1Cc1ccc(C#N)cc1F. The molecule has 4 nitrogen and oxygen atoms in total. The Morgan fingerprint density at radius 3 is 2.85 bits per heavy atom. The highest BCUT2D eigenvalue weighted by Crippen LogP contribution is 2.23. The molecule has 2 rings (SSSR count). The predicted molar refractivity (Wildman–Crippen MR) is 72.6 cm³/mol. The van der Waals surface area contributed by atoms with Gasteiger partial charge >= 0.3 is 0 Å². The summed E-state index contributed by atoms with van der Waals surface area (Å²) in [6.45, 7) is 1.88. The summed E-state index contributed by atoms with van der Waals surface area (Å²) in [5.74, 6) is -0.332. The van der Waals surface area contributed by atoms with Crippen LogP contribution in [0.25, 0.3) is 0 Å². The quantitative estimate of drug-likeness (QED) is 0.825. The predicted octanol–water partition coefficient (Wildman–Crippen LogP) is 1.93. The van der Waals surface area contributed by atoms with E-state index in [0.29, 0.717) is 24.3 Å². The van der Waals surface area contributed by atoms with Crippen molar-refractivity contribution in [1.82, 2.24) is 4.90 Å². The van der Waals surface area contributed by atoms with Crippen LogP contribution in [-0.4, -0.2) is 44.4 Å². The van der Waals surface area contributed by atoms with Crippen molar-refractivity contribution in [3.8, 4) is 6.07 Å². The van der Waals surface area contributed by atoms with E-state index in [2.05, 4.69) is 4.90 Å². The van der Waals surface area contributed by atoms with E-state index < -0.39 is 0 Å². The van der Waals surface area contributed by atoms with Crippen molar-refractivity contribution in [2.75, 3.05) is 27.4 Å². The van der Waals surface area contributed by atoms with Crippen molar-refractivity contribution in [2.24, 2.45) is 0 Å². The smallest absolute Gasteiger partial charge is 0.129 e. The van der Waals surface area contributed by atoms with Crippen molar-refractivity contribution in [1.29, 1.82) is 5.26 Å². The van der Waals surface area contributed by atoms with Gasteiger partial charge in [-0.2, -0.15) is 5.26 Å². The Bertz CT molecular complexity index is 501. The summed E-state index contributed by atoms with van der Waals surface area (Å²) in [5.41, 5.74) is 0.942. The van der Waals surface area contributed by atoms with Gasteiger partial charge in [0.05, 0.1) is 24.3 Å². The minimum atomic E-state index is -0.332. The number of benzene rings is 1. The monoisotopic (exact) mass is 278 g/mol. The van der Waals surface area contributed by atoms with Crippen LogP contribution in [0.4, 0.5) is 4.39 Å². The molecule has 0 radical (unpaired) electrons. The lowest BCUT2D eigenvalue weighted by Crippen LogP contribution is -2.32. The summed E-state index contributed by atoms with van der Waals surface area (Å²) in [4.78, 5) is 2.17. The normalized spacial score (nSPS) is 22.9. The Hall–Kier alpha value is -1.48. The van der Waals surface area contributed by atoms with E-state index in [1.165, 1.54) is 6.07 Å². The first-order valence-electron chi connectivity index (χ1n) is 6.62. The van der Waals surface area contributed by atoms with Gasteiger partial charge in [0.25, 0.3) is 0 Å². The average molecular weight is 278 g/mol. The van der Waals surface area contributed by atoms with Crippen LogP contribution in [0.3, 0.4) is 0 Å². The zero-order chi connectivity index (χ0) is 14.5. The molecule has 1 aliphatic rings. The number of hydrogen-bond donors (Lipinski definition) is 0. The van der Waals surface area contributed by atoms with Gasteiger partial charge in [0.2, 0.25) is 0 Å². The molecule has 1 fully saturated rings. The average Bonchev–Trinajstić information content (AvgIpc) is 2.84. The van der Waals surface area contributed by atoms with E-state index in [1.54, 1.807) is 26.4 Å². The summed E-state index contributed by atoms with van der Waals surface area (Å²) < 4.78 is 24.5. The van der Waals surface area contributed by atoms with Gasteiger partial charge in [-0.1, -0.05) is 6.07 Å². The van der Waals surface area contributed by atoms with Crippen LogP contribution in [0.1, 0.15) is 17.5 Å². The van der Waals surface area contributed by atoms with E-state index in [1.807, 2.05) is 6.07 Å². The Morgan fingerprint density at radius 2 is 2.25 bits per heavy atom. The first kappa shape index (κ1) is 14.9. The van der Waals surface area contributed by atoms with Crippen molar-refractivity contribution in [3.05, 3.63) is 35.1 Å². The van der Waals surface area contributed by atoms with Gasteiger partial charge in [-0.25, -0.2) is 4.39 Å². The van der Waals surface area contributed by atoms with Gasteiger partial charge in [0.15, 0.2) is 0 Å². The van der Waals surface area contributed by atoms with Crippen LogP contribution in [0.2, 0.25) is 0 Å². The zero-order valence-corrected chi connectivity index (χ0v) is 11.8. The summed E-state index contributed by atoms with van der Waals surface area (Å²) in [6.07, 6.45) is 1.05. The van der Waals surface area contributed by atoms with Gasteiger partial charge in [-0.05, 0) is 18.6 Å². The molecule has 2 atom stereocenters. The van der Waals surface area contributed by atoms with E-state index in [0.717, 1.165) is 13.0 Å². The van der Waals surface area contributed by atoms with Gasteiger partial charge in [-0.15, -0.1) is 0 Å². The molecule has 0 aromatic heterocycles. The zero-order valence-electron chi connectivity index (χ0n) is 11.8. The minimum Gasteiger partial charge on any atom is -0.383 e. The maximum atomic E-state index is 13.9. The molecule has 1 aliphatic heterocycles. The lowest BCUT2D eigenvalue weighted by Gasteiger charge is -2.23. The summed E-state index contributed by atoms with van der Waals surface area (Å²) >= 11 is 0. The Labute approximate surface area is 118 Å². The number of methoxy groups -OCH3 is 2. The first-order valence-corrected chi connectivity index (χ1v) is 6.62.